The molecule has 1 heterocycles. The molecular formula is C10H20ClNO2. The Kier molecular flexibility index (Phi) is 7.90. The van der Waals surface area contributed by atoms with Gasteiger partial charge < -0.3 is 9.64 Å². The van der Waals surface area contributed by atoms with E-state index in [0.717, 1.165) is 13.0 Å². The number of hydrogen-bond acceptors (Lipinski definition) is 3. The van der Waals surface area contributed by atoms with E-state index in [1.165, 1.54) is 39.5 Å². The Hall–Kier alpha value is -0.280. The summed E-state index contributed by atoms with van der Waals surface area (Å²) in [7, 11) is 1.45. The summed E-state index contributed by atoms with van der Waals surface area (Å²) in [5.41, 5.74) is 0. The van der Waals surface area contributed by atoms with Gasteiger partial charge in [-0.1, -0.05) is 6.42 Å². The molecule has 4 heteroatoms. The molecule has 0 aliphatic carbocycles. The summed E-state index contributed by atoms with van der Waals surface area (Å²) >= 11 is 0. The van der Waals surface area contributed by atoms with Crippen LogP contribution >= 0.6 is 12.4 Å². The zero-order valence-corrected chi connectivity index (χ0v) is 9.65. The number of carbonyl (C=O) groups excluding carboxylic acids is 1. The number of ether oxygens (including phenoxy) is 1. The topological polar surface area (TPSA) is 29.5 Å². The third-order valence-corrected chi connectivity index (χ3v) is 2.53. The molecule has 0 atom stereocenters. The van der Waals surface area contributed by atoms with E-state index in [1.807, 2.05) is 0 Å². The van der Waals surface area contributed by atoms with Crippen LogP contribution in [0.1, 0.15) is 32.1 Å². The first kappa shape index (κ1) is 13.7. The molecule has 1 fully saturated rings. The Balaban J connectivity index is 0.00000169. The third kappa shape index (κ3) is 5.45. The Bertz CT molecular complexity index is 158. The molecule has 3 nitrogen and oxygen atoms in total. The standard InChI is InChI=1S/C10H19NO2.ClH/c1-13-10(12)6-5-9-11-7-3-2-4-8-11;/h2-9H2,1H3;1H. The van der Waals surface area contributed by atoms with Crippen molar-refractivity contribution in [3.8, 4) is 0 Å². The number of rotatable bonds is 4. The van der Waals surface area contributed by atoms with E-state index in [2.05, 4.69) is 9.64 Å². The van der Waals surface area contributed by atoms with Crippen molar-refractivity contribution in [3.63, 3.8) is 0 Å². The zero-order valence-electron chi connectivity index (χ0n) is 8.83. The minimum atomic E-state index is -0.0861. The van der Waals surface area contributed by atoms with Crippen LogP contribution in [0.4, 0.5) is 0 Å². The van der Waals surface area contributed by atoms with E-state index in [0.29, 0.717) is 6.42 Å². The van der Waals surface area contributed by atoms with Crippen molar-refractivity contribution in [1.29, 1.82) is 0 Å². The summed E-state index contributed by atoms with van der Waals surface area (Å²) in [5.74, 6) is -0.0861. The zero-order chi connectivity index (χ0) is 9.52. The van der Waals surface area contributed by atoms with Crippen LogP contribution in [0.15, 0.2) is 0 Å². The smallest absolute Gasteiger partial charge is 0.305 e. The van der Waals surface area contributed by atoms with Crippen molar-refractivity contribution in [3.05, 3.63) is 0 Å². The highest BCUT2D eigenvalue weighted by molar-refractivity contribution is 5.85. The average molecular weight is 222 g/mol. The SMILES string of the molecule is COC(=O)CCCN1CCCCC1.Cl. The summed E-state index contributed by atoms with van der Waals surface area (Å²) in [6.07, 6.45) is 5.50. The highest BCUT2D eigenvalue weighted by atomic mass is 35.5. The van der Waals surface area contributed by atoms with Gasteiger partial charge in [0.15, 0.2) is 0 Å². The van der Waals surface area contributed by atoms with Crippen LogP contribution in [0.5, 0.6) is 0 Å². The minimum absolute atomic E-state index is 0. The van der Waals surface area contributed by atoms with Crippen molar-refractivity contribution in [2.45, 2.75) is 32.1 Å². The van der Waals surface area contributed by atoms with Crippen LogP contribution < -0.4 is 0 Å². The predicted octanol–water partition coefficient (Wildman–Crippen LogP) is 1.85. The molecule has 1 aliphatic heterocycles. The van der Waals surface area contributed by atoms with E-state index in [1.54, 1.807) is 0 Å². The minimum Gasteiger partial charge on any atom is -0.469 e. The lowest BCUT2D eigenvalue weighted by Gasteiger charge is -2.25. The monoisotopic (exact) mass is 221 g/mol. The Morgan fingerprint density at radius 3 is 2.50 bits per heavy atom. The number of nitrogens with zero attached hydrogens (tertiary/aromatic N) is 1. The number of halogens is 1. The number of piperidine rings is 1. The van der Waals surface area contributed by atoms with Gasteiger partial charge in [0.2, 0.25) is 0 Å². The summed E-state index contributed by atoms with van der Waals surface area (Å²) in [6.45, 7) is 3.47. The average Bonchev–Trinajstić information content (AvgIpc) is 2.19. The Morgan fingerprint density at radius 2 is 1.93 bits per heavy atom. The molecule has 0 bridgehead atoms. The van der Waals surface area contributed by atoms with Gasteiger partial charge in [-0.15, -0.1) is 12.4 Å². The molecule has 0 radical (unpaired) electrons. The quantitative estimate of drug-likeness (QED) is 0.679. The number of hydrogen-bond donors (Lipinski definition) is 0. The third-order valence-electron chi connectivity index (χ3n) is 2.53. The fourth-order valence-electron chi connectivity index (χ4n) is 1.73. The maximum Gasteiger partial charge on any atom is 0.305 e. The lowest BCUT2D eigenvalue weighted by atomic mass is 10.1. The van der Waals surface area contributed by atoms with Gasteiger partial charge in [0, 0.05) is 6.42 Å². The van der Waals surface area contributed by atoms with Crippen LogP contribution in [-0.4, -0.2) is 37.6 Å². The molecule has 0 aromatic heterocycles. The largest absolute Gasteiger partial charge is 0.469 e. The molecule has 1 rings (SSSR count). The van der Waals surface area contributed by atoms with Gasteiger partial charge in [-0.25, -0.2) is 0 Å². The van der Waals surface area contributed by atoms with E-state index >= 15 is 0 Å². The maximum absolute atomic E-state index is 10.8. The van der Waals surface area contributed by atoms with Crippen LogP contribution in [0.2, 0.25) is 0 Å². The van der Waals surface area contributed by atoms with Gasteiger partial charge in [-0.05, 0) is 38.9 Å². The fourth-order valence-corrected chi connectivity index (χ4v) is 1.73. The molecule has 0 unspecified atom stereocenters. The van der Waals surface area contributed by atoms with Gasteiger partial charge in [-0.2, -0.15) is 0 Å². The molecule has 0 spiro atoms. The molecule has 1 saturated heterocycles. The summed E-state index contributed by atoms with van der Waals surface area (Å²) < 4.78 is 4.58. The van der Waals surface area contributed by atoms with Gasteiger partial charge in [0.1, 0.15) is 0 Å². The lowest BCUT2D eigenvalue weighted by molar-refractivity contribution is -0.140. The van der Waals surface area contributed by atoms with Gasteiger partial charge in [-0.3, -0.25) is 4.79 Å². The van der Waals surface area contributed by atoms with E-state index in [-0.39, 0.29) is 18.4 Å². The molecule has 1 aliphatic rings. The maximum atomic E-state index is 10.8. The molecule has 0 amide bonds. The summed E-state index contributed by atoms with van der Waals surface area (Å²) in [6, 6.07) is 0. The van der Waals surface area contributed by atoms with Crippen LogP contribution in [0.25, 0.3) is 0 Å². The summed E-state index contributed by atoms with van der Waals surface area (Å²) in [5, 5.41) is 0. The first-order valence-corrected chi connectivity index (χ1v) is 5.12. The van der Waals surface area contributed by atoms with Gasteiger partial charge in [0.05, 0.1) is 7.11 Å². The van der Waals surface area contributed by atoms with Crippen LogP contribution in [-0.2, 0) is 9.53 Å². The number of carbonyl (C=O) groups is 1. The van der Waals surface area contributed by atoms with Crippen LogP contribution in [0.3, 0.4) is 0 Å². The first-order chi connectivity index (χ1) is 6.33. The molecule has 84 valence electrons. The van der Waals surface area contributed by atoms with Gasteiger partial charge in [0.25, 0.3) is 0 Å². The normalized spacial score (nSPS) is 17.2. The van der Waals surface area contributed by atoms with Crippen molar-refractivity contribution >= 4 is 18.4 Å². The van der Waals surface area contributed by atoms with E-state index in [4.69, 9.17) is 0 Å². The number of methoxy groups -OCH3 is 1. The second-order valence-corrected chi connectivity index (χ2v) is 3.58. The fraction of sp³-hybridized carbons (Fsp3) is 0.900. The molecule has 0 N–H and O–H groups in total. The molecule has 0 aromatic carbocycles. The van der Waals surface area contributed by atoms with Crippen molar-refractivity contribution in [2.24, 2.45) is 0 Å². The second-order valence-electron chi connectivity index (χ2n) is 3.58. The first-order valence-electron chi connectivity index (χ1n) is 5.12. The highest BCUT2D eigenvalue weighted by Crippen LogP contribution is 2.09. The van der Waals surface area contributed by atoms with Crippen molar-refractivity contribution < 1.29 is 9.53 Å². The molecule has 14 heavy (non-hydrogen) atoms. The second kappa shape index (κ2) is 8.06. The van der Waals surface area contributed by atoms with Crippen molar-refractivity contribution in [2.75, 3.05) is 26.7 Å². The van der Waals surface area contributed by atoms with E-state index < -0.39 is 0 Å². The number of likely N-dealkylation sites (tertiary alicyclic amines) is 1. The summed E-state index contributed by atoms with van der Waals surface area (Å²) in [4.78, 5) is 13.2. The number of esters is 1. The predicted molar refractivity (Wildman–Crippen MR) is 58.8 cm³/mol. The highest BCUT2D eigenvalue weighted by Gasteiger charge is 2.09. The molecule has 0 saturated carbocycles. The molecular weight excluding hydrogens is 202 g/mol. The van der Waals surface area contributed by atoms with Gasteiger partial charge >= 0.3 is 5.97 Å². The lowest BCUT2D eigenvalue weighted by Crippen LogP contribution is -2.30. The van der Waals surface area contributed by atoms with Crippen molar-refractivity contribution in [1.82, 2.24) is 4.90 Å². The van der Waals surface area contributed by atoms with Crippen LogP contribution in [0, 0.1) is 0 Å². The van der Waals surface area contributed by atoms with E-state index in [9.17, 15) is 4.79 Å². The Labute approximate surface area is 92.2 Å². The molecule has 0 aromatic rings. The Morgan fingerprint density at radius 1 is 1.29 bits per heavy atom.